The lowest BCUT2D eigenvalue weighted by Gasteiger charge is -2.24. The van der Waals surface area contributed by atoms with Gasteiger partial charge in [-0.1, -0.05) is 62.4 Å². The van der Waals surface area contributed by atoms with E-state index in [4.69, 9.17) is 0 Å². The van der Waals surface area contributed by atoms with E-state index in [2.05, 4.69) is 17.4 Å². The molecule has 3 nitrogen and oxygen atoms in total. The molecule has 2 amide bonds. The first kappa shape index (κ1) is 15.9. The average Bonchev–Trinajstić information content (AvgIpc) is 2.54. The standard InChI is InChI=1S/C18H28N2O/c1-2-20(15-17-11-7-4-8-12-17)18(21)19-14-13-16-9-5-3-6-10-16/h4,7-8,11-12,16H,2-3,5-6,9-10,13-15H2,1H3,(H,19,21). The van der Waals surface area contributed by atoms with E-state index in [-0.39, 0.29) is 6.03 Å². The number of rotatable bonds is 6. The van der Waals surface area contributed by atoms with Crippen molar-refractivity contribution in [2.24, 2.45) is 5.92 Å². The molecule has 0 heterocycles. The molecule has 1 saturated carbocycles. The number of nitrogens with zero attached hydrogens (tertiary/aromatic N) is 1. The Labute approximate surface area is 128 Å². The Bertz CT molecular complexity index is 412. The van der Waals surface area contributed by atoms with Gasteiger partial charge in [-0.25, -0.2) is 4.79 Å². The second-order valence-electron chi connectivity index (χ2n) is 6.02. The molecule has 116 valence electrons. The van der Waals surface area contributed by atoms with Crippen LogP contribution >= 0.6 is 0 Å². The van der Waals surface area contributed by atoms with Gasteiger partial charge in [-0.3, -0.25) is 0 Å². The van der Waals surface area contributed by atoms with Crippen molar-refractivity contribution >= 4 is 6.03 Å². The summed E-state index contributed by atoms with van der Waals surface area (Å²) in [6.07, 6.45) is 7.95. The number of carbonyl (C=O) groups excluding carboxylic acids is 1. The highest BCUT2D eigenvalue weighted by atomic mass is 16.2. The van der Waals surface area contributed by atoms with E-state index in [1.165, 1.54) is 37.7 Å². The summed E-state index contributed by atoms with van der Waals surface area (Å²) in [5.74, 6) is 0.822. The van der Waals surface area contributed by atoms with Gasteiger partial charge in [0.25, 0.3) is 0 Å². The highest BCUT2D eigenvalue weighted by Crippen LogP contribution is 2.25. The molecular weight excluding hydrogens is 260 g/mol. The van der Waals surface area contributed by atoms with Crippen molar-refractivity contribution in [1.82, 2.24) is 10.2 Å². The summed E-state index contributed by atoms with van der Waals surface area (Å²) in [5, 5.41) is 3.09. The van der Waals surface area contributed by atoms with Gasteiger partial charge in [-0.05, 0) is 24.8 Å². The number of nitrogens with one attached hydrogen (secondary N) is 1. The number of amides is 2. The van der Waals surface area contributed by atoms with Gasteiger partial charge < -0.3 is 10.2 Å². The van der Waals surface area contributed by atoms with Gasteiger partial charge in [0, 0.05) is 19.6 Å². The zero-order valence-corrected chi connectivity index (χ0v) is 13.2. The van der Waals surface area contributed by atoms with Gasteiger partial charge in [0.15, 0.2) is 0 Å². The van der Waals surface area contributed by atoms with Gasteiger partial charge in [0.2, 0.25) is 0 Å². The first-order valence-electron chi connectivity index (χ1n) is 8.36. The molecular formula is C18H28N2O. The smallest absolute Gasteiger partial charge is 0.317 e. The summed E-state index contributed by atoms with van der Waals surface area (Å²) < 4.78 is 0. The van der Waals surface area contributed by atoms with Crippen LogP contribution in [0.1, 0.15) is 51.0 Å². The maximum Gasteiger partial charge on any atom is 0.317 e. The third-order valence-corrected chi connectivity index (χ3v) is 4.44. The molecule has 1 fully saturated rings. The summed E-state index contributed by atoms with van der Waals surface area (Å²) in [4.78, 5) is 14.1. The van der Waals surface area contributed by atoms with Gasteiger partial charge in [-0.15, -0.1) is 0 Å². The molecule has 0 aliphatic heterocycles. The molecule has 0 bridgehead atoms. The zero-order chi connectivity index (χ0) is 14.9. The van der Waals surface area contributed by atoms with E-state index in [0.29, 0.717) is 6.54 Å². The lowest BCUT2D eigenvalue weighted by molar-refractivity contribution is 0.196. The second-order valence-corrected chi connectivity index (χ2v) is 6.02. The van der Waals surface area contributed by atoms with Crippen LogP contribution in [0.15, 0.2) is 30.3 Å². The Kier molecular flexibility index (Phi) is 6.58. The molecule has 1 aliphatic rings. The fourth-order valence-corrected chi connectivity index (χ4v) is 3.10. The van der Waals surface area contributed by atoms with Gasteiger partial charge in [0.05, 0.1) is 0 Å². The number of carbonyl (C=O) groups is 1. The number of benzene rings is 1. The largest absolute Gasteiger partial charge is 0.338 e. The van der Waals surface area contributed by atoms with Crippen LogP contribution in [0.3, 0.4) is 0 Å². The van der Waals surface area contributed by atoms with E-state index in [9.17, 15) is 4.79 Å². The van der Waals surface area contributed by atoms with E-state index in [1.807, 2.05) is 30.0 Å². The number of hydrogen-bond acceptors (Lipinski definition) is 1. The van der Waals surface area contributed by atoms with Crippen LogP contribution in [-0.4, -0.2) is 24.0 Å². The maximum atomic E-state index is 12.2. The predicted molar refractivity (Wildman–Crippen MR) is 87.1 cm³/mol. The molecule has 0 aromatic heterocycles. The van der Waals surface area contributed by atoms with Gasteiger partial charge in [0.1, 0.15) is 0 Å². The predicted octanol–water partition coefficient (Wildman–Crippen LogP) is 4.19. The van der Waals surface area contributed by atoms with E-state index < -0.39 is 0 Å². The molecule has 1 N–H and O–H groups in total. The number of urea groups is 1. The van der Waals surface area contributed by atoms with Crippen molar-refractivity contribution in [2.45, 2.75) is 52.0 Å². The normalized spacial score (nSPS) is 15.7. The average molecular weight is 288 g/mol. The van der Waals surface area contributed by atoms with E-state index in [0.717, 1.165) is 25.4 Å². The van der Waals surface area contributed by atoms with Gasteiger partial charge in [-0.2, -0.15) is 0 Å². The van der Waals surface area contributed by atoms with Crippen LogP contribution in [0.4, 0.5) is 4.79 Å². The molecule has 0 saturated heterocycles. The zero-order valence-electron chi connectivity index (χ0n) is 13.2. The van der Waals surface area contributed by atoms with Crippen molar-refractivity contribution in [3.8, 4) is 0 Å². The van der Waals surface area contributed by atoms with Crippen LogP contribution in [0.5, 0.6) is 0 Å². The fraction of sp³-hybridized carbons (Fsp3) is 0.611. The molecule has 1 aromatic rings. The summed E-state index contributed by atoms with van der Waals surface area (Å²) in [7, 11) is 0. The van der Waals surface area contributed by atoms with E-state index in [1.54, 1.807) is 0 Å². The van der Waals surface area contributed by atoms with Crippen LogP contribution in [-0.2, 0) is 6.54 Å². The summed E-state index contributed by atoms with van der Waals surface area (Å²) in [6.45, 7) is 4.27. The Morgan fingerprint density at radius 3 is 2.57 bits per heavy atom. The molecule has 0 atom stereocenters. The molecule has 21 heavy (non-hydrogen) atoms. The van der Waals surface area contributed by atoms with Gasteiger partial charge >= 0.3 is 6.03 Å². The first-order valence-corrected chi connectivity index (χ1v) is 8.36. The third-order valence-electron chi connectivity index (χ3n) is 4.44. The Morgan fingerprint density at radius 2 is 1.90 bits per heavy atom. The molecule has 3 heteroatoms. The van der Waals surface area contributed by atoms with Crippen LogP contribution in [0, 0.1) is 5.92 Å². The monoisotopic (exact) mass is 288 g/mol. The Hall–Kier alpha value is -1.51. The number of hydrogen-bond donors (Lipinski definition) is 1. The second kappa shape index (κ2) is 8.71. The minimum atomic E-state index is 0.0668. The quantitative estimate of drug-likeness (QED) is 0.836. The van der Waals surface area contributed by atoms with Crippen molar-refractivity contribution in [2.75, 3.05) is 13.1 Å². The molecule has 1 aliphatic carbocycles. The SMILES string of the molecule is CCN(Cc1ccccc1)C(=O)NCCC1CCCCC1. The van der Waals surface area contributed by atoms with Crippen molar-refractivity contribution < 1.29 is 4.79 Å². The fourth-order valence-electron chi connectivity index (χ4n) is 3.10. The Balaban J connectivity index is 1.72. The van der Waals surface area contributed by atoms with E-state index >= 15 is 0 Å². The Morgan fingerprint density at radius 1 is 1.19 bits per heavy atom. The topological polar surface area (TPSA) is 32.3 Å². The highest BCUT2D eigenvalue weighted by molar-refractivity contribution is 5.74. The third kappa shape index (κ3) is 5.41. The highest BCUT2D eigenvalue weighted by Gasteiger charge is 2.15. The summed E-state index contributed by atoms with van der Waals surface area (Å²) in [6, 6.07) is 10.2. The van der Waals surface area contributed by atoms with Crippen LogP contribution < -0.4 is 5.32 Å². The van der Waals surface area contributed by atoms with Crippen LogP contribution in [0.25, 0.3) is 0 Å². The first-order chi connectivity index (χ1) is 10.3. The molecule has 0 spiro atoms. The lowest BCUT2D eigenvalue weighted by Crippen LogP contribution is -2.40. The van der Waals surface area contributed by atoms with Crippen molar-refractivity contribution in [1.29, 1.82) is 0 Å². The summed E-state index contributed by atoms with van der Waals surface area (Å²) in [5.41, 5.74) is 1.18. The van der Waals surface area contributed by atoms with Crippen LogP contribution in [0.2, 0.25) is 0 Å². The maximum absolute atomic E-state index is 12.2. The minimum absolute atomic E-state index is 0.0668. The van der Waals surface area contributed by atoms with Crippen molar-refractivity contribution in [3.63, 3.8) is 0 Å². The summed E-state index contributed by atoms with van der Waals surface area (Å²) >= 11 is 0. The molecule has 0 radical (unpaired) electrons. The molecule has 1 aromatic carbocycles. The lowest BCUT2D eigenvalue weighted by atomic mass is 9.87. The minimum Gasteiger partial charge on any atom is -0.338 e. The molecule has 2 rings (SSSR count). The molecule has 0 unspecified atom stereocenters. The van der Waals surface area contributed by atoms with Crippen molar-refractivity contribution in [3.05, 3.63) is 35.9 Å².